The maximum Gasteiger partial charge on any atom is 0.241 e. The molecule has 2 aromatic rings. The van der Waals surface area contributed by atoms with Gasteiger partial charge in [-0.2, -0.15) is 0 Å². The Morgan fingerprint density at radius 1 is 1.00 bits per heavy atom. The molecule has 0 saturated heterocycles. The van der Waals surface area contributed by atoms with Crippen molar-refractivity contribution in [2.24, 2.45) is 11.8 Å². The van der Waals surface area contributed by atoms with Gasteiger partial charge in [0.05, 0.1) is 4.90 Å². The number of sulfonamides is 1. The molecule has 5 nitrogen and oxygen atoms in total. The molecule has 1 aliphatic heterocycles. The summed E-state index contributed by atoms with van der Waals surface area (Å²) >= 11 is 0. The SMILES string of the molecule is Cc1cc(C)c(S(=O)(=O)NCC2CCC(C(=O)N3CCc4ccccc4C3)CC2)c(C)c1. The lowest BCUT2D eigenvalue weighted by Crippen LogP contribution is -2.41. The molecule has 4 rings (SSSR count). The third kappa shape index (κ3) is 4.91. The summed E-state index contributed by atoms with van der Waals surface area (Å²) in [5.41, 5.74) is 5.25. The fraction of sp³-hybridized carbons (Fsp3) is 0.500. The number of benzene rings is 2. The van der Waals surface area contributed by atoms with Crippen LogP contribution in [-0.4, -0.2) is 32.3 Å². The van der Waals surface area contributed by atoms with Crippen LogP contribution in [-0.2, 0) is 27.8 Å². The van der Waals surface area contributed by atoms with Crippen molar-refractivity contribution in [2.45, 2.75) is 64.3 Å². The summed E-state index contributed by atoms with van der Waals surface area (Å²) in [5, 5.41) is 0. The molecule has 172 valence electrons. The van der Waals surface area contributed by atoms with Gasteiger partial charge in [0.1, 0.15) is 0 Å². The molecule has 1 aliphatic carbocycles. The molecule has 1 amide bonds. The molecule has 2 aliphatic rings. The molecule has 0 aromatic heterocycles. The number of carbonyl (C=O) groups is 1. The highest BCUT2D eigenvalue weighted by atomic mass is 32.2. The Labute approximate surface area is 192 Å². The van der Waals surface area contributed by atoms with Crippen LogP contribution in [0, 0.1) is 32.6 Å². The van der Waals surface area contributed by atoms with Gasteiger partial charge >= 0.3 is 0 Å². The van der Waals surface area contributed by atoms with Gasteiger partial charge in [-0.1, -0.05) is 42.0 Å². The van der Waals surface area contributed by atoms with E-state index in [2.05, 4.69) is 22.9 Å². The van der Waals surface area contributed by atoms with Crippen molar-refractivity contribution < 1.29 is 13.2 Å². The van der Waals surface area contributed by atoms with E-state index in [9.17, 15) is 13.2 Å². The number of hydrogen-bond donors (Lipinski definition) is 1. The van der Waals surface area contributed by atoms with Crippen LogP contribution in [0.15, 0.2) is 41.3 Å². The fourth-order valence-electron chi connectivity index (χ4n) is 5.45. The summed E-state index contributed by atoms with van der Waals surface area (Å²) in [4.78, 5) is 15.5. The van der Waals surface area contributed by atoms with E-state index in [4.69, 9.17) is 0 Å². The van der Waals surface area contributed by atoms with E-state index in [1.807, 2.05) is 43.9 Å². The predicted octanol–water partition coefficient (Wildman–Crippen LogP) is 4.28. The van der Waals surface area contributed by atoms with E-state index in [0.29, 0.717) is 18.0 Å². The first-order valence-corrected chi connectivity index (χ1v) is 13.2. The molecule has 0 spiro atoms. The zero-order valence-electron chi connectivity index (χ0n) is 19.4. The summed E-state index contributed by atoms with van der Waals surface area (Å²) in [6, 6.07) is 12.2. The molecular weight excluding hydrogens is 420 g/mol. The van der Waals surface area contributed by atoms with Crippen LogP contribution in [0.2, 0.25) is 0 Å². The monoisotopic (exact) mass is 454 g/mol. The van der Waals surface area contributed by atoms with Crippen LogP contribution in [0.5, 0.6) is 0 Å². The Kier molecular flexibility index (Phi) is 6.72. The van der Waals surface area contributed by atoms with E-state index >= 15 is 0 Å². The number of amides is 1. The van der Waals surface area contributed by atoms with Gasteiger partial charge in [-0.05, 0) is 81.0 Å². The smallest absolute Gasteiger partial charge is 0.241 e. The molecule has 32 heavy (non-hydrogen) atoms. The van der Waals surface area contributed by atoms with Crippen molar-refractivity contribution >= 4 is 15.9 Å². The average molecular weight is 455 g/mol. The lowest BCUT2D eigenvalue weighted by atomic mass is 9.81. The summed E-state index contributed by atoms with van der Waals surface area (Å²) in [5.74, 6) is 0.612. The quantitative estimate of drug-likeness (QED) is 0.733. The molecule has 0 radical (unpaired) electrons. The van der Waals surface area contributed by atoms with E-state index in [0.717, 1.165) is 55.3 Å². The molecular formula is C26H34N2O3S. The average Bonchev–Trinajstić information content (AvgIpc) is 2.76. The molecule has 2 aromatic carbocycles. The van der Waals surface area contributed by atoms with Gasteiger partial charge < -0.3 is 4.90 Å². The van der Waals surface area contributed by atoms with Gasteiger partial charge in [0, 0.05) is 25.6 Å². The lowest BCUT2D eigenvalue weighted by Gasteiger charge is -2.34. The number of hydrogen-bond acceptors (Lipinski definition) is 3. The molecule has 0 atom stereocenters. The number of rotatable bonds is 5. The molecule has 1 heterocycles. The lowest BCUT2D eigenvalue weighted by molar-refractivity contribution is -0.137. The second kappa shape index (κ2) is 9.36. The molecule has 1 fully saturated rings. The minimum Gasteiger partial charge on any atom is -0.338 e. The maximum absolute atomic E-state index is 13.1. The van der Waals surface area contributed by atoms with Crippen LogP contribution in [0.3, 0.4) is 0 Å². The highest BCUT2D eigenvalue weighted by Gasteiger charge is 2.31. The Bertz CT molecular complexity index is 1080. The Morgan fingerprint density at radius 2 is 1.62 bits per heavy atom. The van der Waals surface area contributed by atoms with E-state index in [1.54, 1.807) is 0 Å². The van der Waals surface area contributed by atoms with Crippen molar-refractivity contribution in [1.29, 1.82) is 0 Å². The number of carbonyl (C=O) groups excluding carboxylic acids is 1. The van der Waals surface area contributed by atoms with Gasteiger partial charge in [0.2, 0.25) is 15.9 Å². The van der Waals surface area contributed by atoms with Crippen LogP contribution < -0.4 is 4.72 Å². The molecule has 1 saturated carbocycles. The normalized spacial score (nSPS) is 21.3. The number of aryl methyl sites for hydroxylation is 3. The minimum atomic E-state index is -3.54. The molecule has 6 heteroatoms. The van der Waals surface area contributed by atoms with Gasteiger partial charge in [-0.3, -0.25) is 4.79 Å². The van der Waals surface area contributed by atoms with Gasteiger partial charge in [-0.15, -0.1) is 0 Å². The van der Waals surface area contributed by atoms with Crippen molar-refractivity contribution in [1.82, 2.24) is 9.62 Å². The predicted molar refractivity (Wildman–Crippen MR) is 127 cm³/mol. The Balaban J connectivity index is 1.30. The second-order valence-corrected chi connectivity index (χ2v) is 11.3. The summed E-state index contributed by atoms with van der Waals surface area (Å²) < 4.78 is 28.7. The third-order valence-corrected chi connectivity index (χ3v) is 8.80. The third-order valence-electron chi connectivity index (χ3n) is 7.07. The van der Waals surface area contributed by atoms with Gasteiger partial charge in [0.15, 0.2) is 0 Å². The van der Waals surface area contributed by atoms with Crippen molar-refractivity contribution in [3.05, 3.63) is 64.2 Å². The number of nitrogens with one attached hydrogen (secondary N) is 1. The van der Waals surface area contributed by atoms with E-state index in [-0.39, 0.29) is 17.7 Å². The maximum atomic E-state index is 13.1. The molecule has 1 N–H and O–H groups in total. The van der Waals surface area contributed by atoms with Crippen molar-refractivity contribution in [3.63, 3.8) is 0 Å². The zero-order chi connectivity index (χ0) is 22.9. The summed E-state index contributed by atoms with van der Waals surface area (Å²) in [7, 11) is -3.54. The highest BCUT2D eigenvalue weighted by Crippen LogP contribution is 2.32. The topological polar surface area (TPSA) is 66.5 Å². The first-order valence-electron chi connectivity index (χ1n) is 11.7. The number of nitrogens with zero attached hydrogens (tertiary/aromatic N) is 1. The standard InChI is InChI=1S/C26H34N2O3S/c1-18-14-19(2)25(20(3)15-18)32(30,31)27-16-21-8-10-23(11-9-21)26(29)28-13-12-22-6-4-5-7-24(22)17-28/h4-7,14-15,21,23,27H,8-13,16-17H2,1-3H3. The Hall–Kier alpha value is -2.18. The van der Waals surface area contributed by atoms with Crippen LogP contribution in [0.25, 0.3) is 0 Å². The second-order valence-electron chi connectivity index (χ2n) is 9.58. The fourth-order valence-corrected chi connectivity index (χ4v) is 7.01. The first-order chi connectivity index (χ1) is 15.2. The largest absolute Gasteiger partial charge is 0.338 e. The Morgan fingerprint density at radius 3 is 2.28 bits per heavy atom. The molecule has 0 bridgehead atoms. The van der Waals surface area contributed by atoms with Crippen molar-refractivity contribution in [3.8, 4) is 0 Å². The van der Waals surface area contributed by atoms with E-state index < -0.39 is 10.0 Å². The first kappa shape index (κ1) is 23.0. The van der Waals surface area contributed by atoms with Gasteiger partial charge in [0.25, 0.3) is 0 Å². The number of fused-ring (bicyclic) bond motifs is 1. The van der Waals surface area contributed by atoms with Crippen molar-refractivity contribution in [2.75, 3.05) is 13.1 Å². The van der Waals surface area contributed by atoms with Crippen LogP contribution >= 0.6 is 0 Å². The van der Waals surface area contributed by atoms with Gasteiger partial charge in [-0.25, -0.2) is 13.1 Å². The minimum absolute atomic E-state index is 0.0645. The summed E-state index contributed by atoms with van der Waals surface area (Å²) in [6.45, 7) is 7.63. The summed E-state index contributed by atoms with van der Waals surface area (Å²) in [6.07, 6.45) is 4.37. The zero-order valence-corrected chi connectivity index (χ0v) is 20.2. The van der Waals surface area contributed by atoms with E-state index in [1.165, 1.54) is 11.1 Å². The van der Waals surface area contributed by atoms with Crippen LogP contribution in [0.4, 0.5) is 0 Å². The molecule has 0 unspecified atom stereocenters. The van der Waals surface area contributed by atoms with Crippen LogP contribution in [0.1, 0.15) is 53.5 Å². The highest BCUT2D eigenvalue weighted by molar-refractivity contribution is 7.89.